The average molecular weight is 457 g/mol. The van der Waals surface area contributed by atoms with Crippen LogP contribution in [-0.4, -0.2) is 59.2 Å². The van der Waals surface area contributed by atoms with E-state index in [9.17, 15) is 0 Å². The number of benzene rings is 1. The minimum Gasteiger partial charge on any atom is -0.463 e. The molecule has 2 aliphatic rings. The molecule has 1 aromatic carbocycles. The molecule has 0 saturated carbocycles. The molecule has 5 heterocycles. The molecule has 0 spiro atoms. The van der Waals surface area contributed by atoms with Crippen molar-refractivity contribution in [3.05, 3.63) is 54.3 Å². The quantitative estimate of drug-likeness (QED) is 0.453. The Hall–Kier alpha value is -3.72. The lowest BCUT2D eigenvalue weighted by Gasteiger charge is -2.28. The van der Waals surface area contributed by atoms with Crippen LogP contribution in [0.5, 0.6) is 0 Å². The van der Waals surface area contributed by atoms with Crippen LogP contribution in [0.3, 0.4) is 0 Å². The SMILES string of the molecule is c1ccc(CNc2nc3nc(N4CCNCC4)nc(N4CCCC4)c3nc2-c2ccco2)cc1. The van der Waals surface area contributed by atoms with Crippen molar-refractivity contribution < 1.29 is 4.42 Å². The van der Waals surface area contributed by atoms with E-state index in [1.54, 1.807) is 6.26 Å². The van der Waals surface area contributed by atoms with Gasteiger partial charge in [0.2, 0.25) is 5.95 Å². The van der Waals surface area contributed by atoms with E-state index in [-0.39, 0.29) is 0 Å². The Labute approximate surface area is 198 Å². The summed E-state index contributed by atoms with van der Waals surface area (Å²) in [5.74, 6) is 2.92. The molecule has 9 heteroatoms. The van der Waals surface area contributed by atoms with Crippen molar-refractivity contribution in [2.45, 2.75) is 19.4 Å². The smallest absolute Gasteiger partial charge is 0.229 e. The van der Waals surface area contributed by atoms with E-state index < -0.39 is 0 Å². The van der Waals surface area contributed by atoms with Gasteiger partial charge in [0.05, 0.1) is 6.26 Å². The first kappa shape index (κ1) is 20.9. The third-order valence-corrected chi connectivity index (χ3v) is 6.36. The molecule has 34 heavy (non-hydrogen) atoms. The molecule has 0 atom stereocenters. The fraction of sp³-hybridized carbons (Fsp3) is 0.360. The summed E-state index contributed by atoms with van der Waals surface area (Å²) in [4.78, 5) is 24.5. The largest absolute Gasteiger partial charge is 0.463 e. The predicted molar refractivity (Wildman–Crippen MR) is 133 cm³/mol. The van der Waals surface area contributed by atoms with Gasteiger partial charge in [-0.25, -0.2) is 9.97 Å². The van der Waals surface area contributed by atoms with Crippen molar-refractivity contribution in [3.63, 3.8) is 0 Å². The zero-order valence-corrected chi connectivity index (χ0v) is 19.1. The second-order valence-corrected chi connectivity index (χ2v) is 8.69. The molecular formula is C25H28N8O. The normalized spacial score (nSPS) is 16.4. The summed E-state index contributed by atoms with van der Waals surface area (Å²) in [6.07, 6.45) is 3.97. The number of furan rings is 1. The summed E-state index contributed by atoms with van der Waals surface area (Å²) in [7, 11) is 0. The number of fused-ring (bicyclic) bond motifs is 1. The maximum atomic E-state index is 5.73. The van der Waals surface area contributed by atoms with E-state index in [2.05, 4.69) is 32.6 Å². The summed E-state index contributed by atoms with van der Waals surface area (Å²) >= 11 is 0. The second kappa shape index (κ2) is 9.26. The van der Waals surface area contributed by atoms with Crippen molar-refractivity contribution in [2.24, 2.45) is 0 Å². The van der Waals surface area contributed by atoms with Gasteiger partial charge in [-0.2, -0.15) is 9.97 Å². The molecule has 0 unspecified atom stereocenters. The maximum Gasteiger partial charge on any atom is 0.229 e. The maximum absolute atomic E-state index is 5.73. The number of piperazine rings is 1. The van der Waals surface area contributed by atoms with Crippen LogP contribution < -0.4 is 20.4 Å². The van der Waals surface area contributed by atoms with E-state index in [0.717, 1.165) is 75.0 Å². The van der Waals surface area contributed by atoms with E-state index >= 15 is 0 Å². The standard InChI is InChI=1S/C25H28N8O/c1-2-7-18(8-3-1)17-27-22-20(19-9-6-16-34-19)28-21-23(29-22)30-25(33-14-10-26-11-15-33)31-24(21)32-12-4-5-13-32/h1-3,6-9,16,26H,4-5,10-15,17H2,(H,27,29,30,31). The molecule has 2 aliphatic heterocycles. The number of aromatic nitrogens is 4. The Morgan fingerprint density at radius 3 is 2.44 bits per heavy atom. The molecule has 3 aromatic heterocycles. The summed E-state index contributed by atoms with van der Waals surface area (Å²) in [6.45, 7) is 6.17. The third-order valence-electron chi connectivity index (χ3n) is 6.36. The number of nitrogens with one attached hydrogen (secondary N) is 2. The molecule has 0 aliphatic carbocycles. The Balaban J connectivity index is 1.47. The molecule has 174 valence electrons. The third kappa shape index (κ3) is 4.14. The first-order valence-electron chi connectivity index (χ1n) is 12.0. The lowest BCUT2D eigenvalue weighted by atomic mass is 10.2. The number of nitrogens with zero attached hydrogens (tertiary/aromatic N) is 6. The highest BCUT2D eigenvalue weighted by molar-refractivity contribution is 5.88. The van der Waals surface area contributed by atoms with Crippen LogP contribution in [0.1, 0.15) is 18.4 Å². The minimum atomic E-state index is 0.608. The van der Waals surface area contributed by atoms with E-state index in [0.29, 0.717) is 29.5 Å². The van der Waals surface area contributed by atoms with Gasteiger partial charge in [0, 0.05) is 45.8 Å². The zero-order chi connectivity index (χ0) is 22.7. The van der Waals surface area contributed by atoms with Gasteiger partial charge in [-0.15, -0.1) is 0 Å². The van der Waals surface area contributed by atoms with E-state index in [1.165, 1.54) is 0 Å². The molecule has 9 nitrogen and oxygen atoms in total. The first-order chi connectivity index (χ1) is 16.8. The average Bonchev–Trinajstić information content (AvgIpc) is 3.62. The molecule has 0 amide bonds. The fourth-order valence-corrected chi connectivity index (χ4v) is 4.57. The van der Waals surface area contributed by atoms with Crippen molar-refractivity contribution >= 4 is 28.7 Å². The number of anilines is 3. The lowest BCUT2D eigenvalue weighted by Crippen LogP contribution is -2.44. The van der Waals surface area contributed by atoms with Gasteiger partial charge in [-0.1, -0.05) is 30.3 Å². The summed E-state index contributed by atoms with van der Waals surface area (Å²) in [5, 5.41) is 6.87. The fourth-order valence-electron chi connectivity index (χ4n) is 4.57. The lowest BCUT2D eigenvalue weighted by molar-refractivity contribution is 0.579. The number of hydrogen-bond acceptors (Lipinski definition) is 9. The van der Waals surface area contributed by atoms with Gasteiger partial charge in [-0.3, -0.25) is 0 Å². The summed E-state index contributed by atoms with van der Waals surface area (Å²) < 4.78 is 5.73. The Morgan fingerprint density at radius 1 is 0.853 bits per heavy atom. The van der Waals surface area contributed by atoms with Gasteiger partial charge in [0.1, 0.15) is 5.69 Å². The van der Waals surface area contributed by atoms with Gasteiger partial charge < -0.3 is 24.9 Å². The van der Waals surface area contributed by atoms with E-state index in [4.69, 9.17) is 24.4 Å². The minimum absolute atomic E-state index is 0.608. The highest BCUT2D eigenvalue weighted by Gasteiger charge is 2.25. The van der Waals surface area contributed by atoms with Crippen LogP contribution in [0.25, 0.3) is 22.6 Å². The van der Waals surface area contributed by atoms with Crippen LogP contribution in [0, 0.1) is 0 Å². The highest BCUT2D eigenvalue weighted by atomic mass is 16.3. The Kier molecular flexibility index (Phi) is 5.68. The molecule has 0 bridgehead atoms. The molecule has 0 radical (unpaired) electrons. The van der Waals surface area contributed by atoms with E-state index in [1.807, 2.05) is 30.3 Å². The molecule has 2 fully saturated rings. The van der Waals surface area contributed by atoms with Gasteiger partial charge >= 0.3 is 0 Å². The van der Waals surface area contributed by atoms with Crippen LogP contribution in [0.2, 0.25) is 0 Å². The van der Waals surface area contributed by atoms with Crippen molar-refractivity contribution in [1.29, 1.82) is 0 Å². The van der Waals surface area contributed by atoms with Crippen molar-refractivity contribution in [2.75, 3.05) is 54.4 Å². The van der Waals surface area contributed by atoms with Crippen molar-refractivity contribution in [3.8, 4) is 11.5 Å². The molecule has 2 N–H and O–H groups in total. The zero-order valence-electron chi connectivity index (χ0n) is 19.1. The van der Waals surface area contributed by atoms with Crippen molar-refractivity contribution in [1.82, 2.24) is 25.3 Å². The second-order valence-electron chi connectivity index (χ2n) is 8.69. The van der Waals surface area contributed by atoms with Gasteiger partial charge in [-0.05, 0) is 30.5 Å². The van der Waals surface area contributed by atoms with Crippen LogP contribution in [-0.2, 0) is 6.54 Å². The van der Waals surface area contributed by atoms with Gasteiger partial charge in [0.25, 0.3) is 0 Å². The predicted octanol–water partition coefficient (Wildman–Crippen LogP) is 3.30. The summed E-state index contributed by atoms with van der Waals surface area (Å²) in [6, 6.07) is 14.0. The molecular weight excluding hydrogens is 428 g/mol. The van der Waals surface area contributed by atoms with Crippen LogP contribution >= 0.6 is 0 Å². The monoisotopic (exact) mass is 456 g/mol. The first-order valence-corrected chi connectivity index (χ1v) is 12.0. The molecule has 2 saturated heterocycles. The Bertz CT molecular complexity index is 1250. The highest BCUT2D eigenvalue weighted by Crippen LogP contribution is 2.33. The Morgan fingerprint density at radius 2 is 1.68 bits per heavy atom. The van der Waals surface area contributed by atoms with Crippen LogP contribution in [0.4, 0.5) is 17.6 Å². The summed E-state index contributed by atoms with van der Waals surface area (Å²) in [5.41, 5.74) is 3.16. The topological polar surface area (TPSA) is 95.2 Å². The molecule has 4 aromatic rings. The molecule has 6 rings (SSSR count). The number of rotatable bonds is 6. The number of hydrogen-bond donors (Lipinski definition) is 2. The van der Waals surface area contributed by atoms with Crippen LogP contribution in [0.15, 0.2) is 53.1 Å². The van der Waals surface area contributed by atoms with Gasteiger partial charge in [0.15, 0.2) is 28.6 Å².